The lowest BCUT2D eigenvalue weighted by Gasteiger charge is -2.13. The number of alkyl halides is 3. The highest BCUT2D eigenvalue weighted by Crippen LogP contribution is 2.32. The summed E-state index contributed by atoms with van der Waals surface area (Å²) < 4.78 is 72.4. The summed E-state index contributed by atoms with van der Waals surface area (Å²) in [5, 5.41) is 2.92. The van der Waals surface area contributed by atoms with E-state index >= 15 is 0 Å². The van der Waals surface area contributed by atoms with Crippen LogP contribution in [0.4, 0.5) is 18.9 Å². The van der Waals surface area contributed by atoms with Gasteiger partial charge in [-0.15, -0.1) is 0 Å². The molecule has 3 heterocycles. The molecule has 0 radical (unpaired) electrons. The number of nitrogens with zero attached hydrogens (tertiary/aromatic N) is 3. The Hall–Kier alpha value is -3.12. The molecule has 0 fully saturated rings. The standard InChI is InChI=1S/C20H20F3N5O3S/c1-12-10-28-11-16(26-19(28)31-12)18-15(7-8-17(27-18)32(29,30)24-2)25-9-13-3-5-14(6-4-13)20(21,22)23/h3-8,11-12,24-25H,9-10H2,1-2H3/t12-/m1/s1. The molecule has 1 aliphatic heterocycles. The van der Waals surface area contributed by atoms with Gasteiger partial charge in [0.25, 0.3) is 16.0 Å². The van der Waals surface area contributed by atoms with Crippen LogP contribution >= 0.6 is 0 Å². The first-order chi connectivity index (χ1) is 15.1. The summed E-state index contributed by atoms with van der Waals surface area (Å²) in [6, 6.07) is 8.07. The van der Waals surface area contributed by atoms with E-state index in [1.54, 1.807) is 16.8 Å². The lowest BCUT2D eigenvalue weighted by atomic mass is 10.1. The molecule has 0 spiro atoms. The van der Waals surface area contributed by atoms with Crippen molar-refractivity contribution in [3.05, 3.63) is 53.7 Å². The van der Waals surface area contributed by atoms with Crippen LogP contribution in [0.25, 0.3) is 11.4 Å². The Labute approximate surface area is 182 Å². The predicted molar refractivity (Wildman–Crippen MR) is 111 cm³/mol. The second kappa shape index (κ2) is 8.10. The summed E-state index contributed by atoms with van der Waals surface area (Å²) in [7, 11) is -2.51. The maximum Gasteiger partial charge on any atom is 0.416 e. The third-order valence-corrected chi connectivity index (χ3v) is 6.24. The number of sulfonamides is 1. The van der Waals surface area contributed by atoms with Gasteiger partial charge < -0.3 is 10.1 Å². The van der Waals surface area contributed by atoms with Gasteiger partial charge in [0.2, 0.25) is 0 Å². The summed E-state index contributed by atoms with van der Waals surface area (Å²) in [6.07, 6.45) is -2.70. The second-order valence-electron chi connectivity index (χ2n) is 7.29. The highest BCUT2D eigenvalue weighted by molar-refractivity contribution is 7.89. The van der Waals surface area contributed by atoms with Crippen LogP contribution in [0.3, 0.4) is 0 Å². The molecule has 1 aliphatic rings. The Balaban J connectivity index is 1.65. The maximum atomic E-state index is 12.8. The van der Waals surface area contributed by atoms with Crippen molar-refractivity contribution in [2.75, 3.05) is 12.4 Å². The first-order valence-corrected chi connectivity index (χ1v) is 11.1. The average Bonchev–Trinajstić information content (AvgIpc) is 3.29. The molecule has 4 rings (SSSR count). The number of imidazole rings is 1. The largest absolute Gasteiger partial charge is 0.460 e. The fourth-order valence-corrected chi connectivity index (χ4v) is 3.94. The number of pyridine rings is 1. The zero-order valence-corrected chi connectivity index (χ0v) is 18.0. The number of benzene rings is 1. The van der Waals surface area contributed by atoms with Crippen molar-refractivity contribution < 1.29 is 26.3 Å². The van der Waals surface area contributed by atoms with E-state index in [1.807, 2.05) is 6.92 Å². The van der Waals surface area contributed by atoms with Crippen molar-refractivity contribution in [3.63, 3.8) is 0 Å². The van der Waals surface area contributed by atoms with E-state index in [0.29, 0.717) is 29.5 Å². The molecule has 0 saturated carbocycles. The number of aromatic nitrogens is 3. The Kier molecular flexibility index (Phi) is 5.59. The SMILES string of the molecule is CNS(=O)(=O)c1ccc(NCc2ccc(C(F)(F)F)cc2)c(-c2cn3c(n2)O[C@H](C)C3)n1. The first kappa shape index (κ1) is 22.1. The summed E-state index contributed by atoms with van der Waals surface area (Å²) >= 11 is 0. The molecule has 2 aromatic heterocycles. The van der Waals surface area contributed by atoms with E-state index < -0.39 is 21.8 Å². The molecule has 1 aromatic carbocycles. The number of ether oxygens (including phenoxy) is 1. The molecular weight excluding hydrogens is 447 g/mol. The van der Waals surface area contributed by atoms with Crippen LogP contribution in [0.15, 0.2) is 47.6 Å². The summed E-state index contributed by atoms with van der Waals surface area (Å²) in [4.78, 5) is 8.70. The smallest absolute Gasteiger partial charge is 0.416 e. The van der Waals surface area contributed by atoms with Gasteiger partial charge in [0.1, 0.15) is 17.5 Å². The summed E-state index contributed by atoms with van der Waals surface area (Å²) in [5.41, 5.74) is 1.05. The van der Waals surface area contributed by atoms with Crippen LogP contribution in [0.2, 0.25) is 0 Å². The molecule has 170 valence electrons. The molecule has 0 bridgehead atoms. The fraction of sp³-hybridized carbons (Fsp3) is 0.300. The molecule has 8 nitrogen and oxygen atoms in total. The minimum Gasteiger partial charge on any atom is -0.460 e. The second-order valence-corrected chi connectivity index (χ2v) is 9.12. The van der Waals surface area contributed by atoms with Crippen molar-refractivity contribution in [3.8, 4) is 17.4 Å². The molecule has 0 unspecified atom stereocenters. The van der Waals surface area contributed by atoms with Gasteiger partial charge in [0.15, 0.2) is 5.03 Å². The predicted octanol–water partition coefficient (Wildman–Crippen LogP) is 3.27. The van der Waals surface area contributed by atoms with E-state index in [1.165, 1.54) is 25.2 Å². The van der Waals surface area contributed by atoms with Crippen LogP contribution in [0.1, 0.15) is 18.1 Å². The average molecular weight is 467 g/mol. The quantitative estimate of drug-likeness (QED) is 0.578. The molecule has 12 heteroatoms. The van der Waals surface area contributed by atoms with Gasteiger partial charge in [-0.2, -0.15) is 18.2 Å². The molecule has 0 saturated heterocycles. The molecule has 1 atom stereocenters. The van der Waals surface area contributed by atoms with Gasteiger partial charge in [-0.3, -0.25) is 4.57 Å². The van der Waals surface area contributed by atoms with Crippen LogP contribution < -0.4 is 14.8 Å². The normalized spacial score (nSPS) is 16.0. The molecule has 0 amide bonds. The minimum absolute atomic E-state index is 0.0206. The van der Waals surface area contributed by atoms with Crippen LogP contribution in [0, 0.1) is 0 Å². The van der Waals surface area contributed by atoms with Crippen LogP contribution in [-0.2, 0) is 29.3 Å². The monoisotopic (exact) mass is 467 g/mol. The number of hydrogen-bond donors (Lipinski definition) is 2. The Morgan fingerprint density at radius 2 is 1.88 bits per heavy atom. The van der Waals surface area contributed by atoms with Gasteiger partial charge >= 0.3 is 6.18 Å². The van der Waals surface area contributed by atoms with Crippen molar-refractivity contribution >= 4 is 15.7 Å². The third-order valence-electron chi connectivity index (χ3n) is 4.92. The number of anilines is 1. The molecule has 2 N–H and O–H groups in total. The molecule has 3 aromatic rings. The Morgan fingerprint density at radius 3 is 2.50 bits per heavy atom. The zero-order chi connectivity index (χ0) is 23.1. The number of rotatable bonds is 6. The Morgan fingerprint density at radius 1 is 1.16 bits per heavy atom. The third kappa shape index (κ3) is 4.41. The van der Waals surface area contributed by atoms with Crippen molar-refractivity contribution in [2.45, 2.75) is 37.3 Å². The zero-order valence-electron chi connectivity index (χ0n) is 17.1. The van der Waals surface area contributed by atoms with E-state index in [0.717, 1.165) is 12.1 Å². The Bertz CT molecular complexity index is 1220. The molecular formula is C20H20F3N5O3S. The van der Waals surface area contributed by atoms with Gasteiger partial charge in [0, 0.05) is 12.7 Å². The summed E-state index contributed by atoms with van der Waals surface area (Å²) in [5.74, 6) is 0. The molecule has 32 heavy (non-hydrogen) atoms. The van der Waals surface area contributed by atoms with Crippen LogP contribution in [-0.4, -0.2) is 36.1 Å². The fourth-order valence-electron chi connectivity index (χ4n) is 3.27. The van der Waals surface area contributed by atoms with Crippen molar-refractivity contribution in [2.24, 2.45) is 0 Å². The highest BCUT2D eigenvalue weighted by Gasteiger charge is 2.30. The van der Waals surface area contributed by atoms with Gasteiger partial charge in [-0.25, -0.2) is 18.1 Å². The van der Waals surface area contributed by atoms with E-state index in [-0.39, 0.29) is 23.4 Å². The number of hydrogen-bond acceptors (Lipinski definition) is 6. The van der Waals surface area contributed by atoms with Gasteiger partial charge in [0.05, 0.1) is 17.8 Å². The lowest BCUT2D eigenvalue weighted by Crippen LogP contribution is -2.20. The highest BCUT2D eigenvalue weighted by atomic mass is 32.2. The summed E-state index contributed by atoms with van der Waals surface area (Å²) in [6.45, 7) is 2.71. The van der Waals surface area contributed by atoms with Crippen molar-refractivity contribution in [1.29, 1.82) is 0 Å². The first-order valence-electron chi connectivity index (χ1n) is 9.65. The van der Waals surface area contributed by atoms with Gasteiger partial charge in [-0.05, 0) is 43.8 Å². The van der Waals surface area contributed by atoms with Crippen LogP contribution in [0.5, 0.6) is 6.01 Å². The van der Waals surface area contributed by atoms with Gasteiger partial charge in [-0.1, -0.05) is 12.1 Å². The number of nitrogens with one attached hydrogen (secondary N) is 2. The number of halogens is 3. The maximum absolute atomic E-state index is 12.8. The topological polar surface area (TPSA) is 98.1 Å². The van der Waals surface area contributed by atoms with E-state index in [9.17, 15) is 21.6 Å². The molecule has 0 aliphatic carbocycles. The number of fused-ring (bicyclic) bond motifs is 1. The lowest BCUT2D eigenvalue weighted by molar-refractivity contribution is -0.137. The minimum atomic E-state index is -4.40. The van der Waals surface area contributed by atoms with E-state index in [4.69, 9.17) is 4.74 Å². The van der Waals surface area contributed by atoms with Crippen molar-refractivity contribution in [1.82, 2.24) is 19.3 Å². The van der Waals surface area contributed by atoms with E-state index in [2.05, 4.69) is 20.0 Å².